The Morgan fingerprint density at radius 3 is 3.00 bits per heavy atom. The number of pyridine rings is 1. The lowest BCUT2D eigenvalue weighted by atomic mass is 9.97. The number of hydrogen-bond acceptors (Lipinski definition) is 5. The molecule has 4 rings (SSSR count). The van der Waals surface area contributed by atoms with E-state index in [4.69, 9.17) is 4.74 Å². The lowest BCUT2D eigenvalue weighted by molar-refractivity contribution is -0.121. The summed E-state index contributed by atoms with van der Waals surface area (Å²) in [6.07, 6.45) is 10.5. The fourth-order valence-electron chi connectivity index (χ4n) is 4.04. The molecule has 168 valence electrons. The second kappa shape index (κ2) is 10.9. The molecule has 0 aliphatic carbocycles. The van der Waals surface area contributed by atoms with Crippen LogP contribution in [0.3, 0.4) is 0 Å². The molecule has 2 aromatic heterocycles. The number of nitrogens with one attached hydrogen (secondary N) is 2. The summed E-state index contributed by atoms with van der Waals surface area (Å²) >= 11 is 0. The summed E-state index contributed by atoms with van der Waals surface area (Å²) in [5.41, 5.74) is 1.79. The summed E-state index contributed by atoms with van der Waals surface area (Å²) in [5, 5.41) is 3.08. The van der Waals surface area contributed by atoms with Gasteiger partial charge in [-0.2, -0.15) is 0 Å². The van der Waals surface area contributed by atoms with Gasteiger partial charge in [0.2, 0.25) is 5.91 Å². The Labute approximate surface area is 189 Å². The highest BCUT2D eigenvalue weighted by atomic mass is 16.5. The number of carbonyl (C=O) groups is 1. The first-order chi connectivity index (χ1) is 15.7. The van der Waals surface area contributed by atoms with E-state index in [-0.39, 0.29) is 11.8 Å². The SMILES string of the molecule is CCCCc1ncc(CN2CCCC(C(=O)Nc3ccccc3Oc3cccnc3)C2)[nH]1. The van der Waals surface area contributed by atoms with Crippen LogP contribution in [-0.4, -0.2) is 38.8 Å². The number of benzene rings is 1. The molecule has 1 fully saturated rings. The van der Waals surface area contributed by atoms with Gasteiger partial charge in [-0.25, -0.2) is 4.98 Å². The molecule has 0 spiro atoms. The Hall–Kier alpha value is -3.19. The summed E-state index contributed by atoms with van der Waals surface area (Å²) in [6.45, 7) is 4.71. The summed E-state index contributed by atoms with van der Waals surface area (Å²) < 4.78 is 5.93. The Balaban J connectivity index is 1.35. The van der Waals surface area contributed by atoms with Crippen LogP contribution in [0.15, 0.2) is 55.0 Å². The van der Waals surface area contributed by atoms with Crippen molar-refractivity contribution in [1.82, 2.24) is 19.9 Å². The number of aryl methyl sites for hydroxylation is 1. The minimum absolute atomic E-state index is 0.0326. The molecule has 0 radical (unpaired) electrons. The maximum Gasteiger partial charge on any atom is 0.228 e. The molecule has 1 aliphatic rings. The summed E-state index contributed by atoms with van der Waals surface area (Å²) in [6, 6.07) is 11.2. The molecule has 1 atom stereocenters. The normalized spacial score (nSPS) is 16.6. The van der Waals surface area contributed by atoms with Crippen molar-refractivity contribution in [2.75, 3.05) is 18.4 Å². The maximum absolute atomic E-state index is 13.1. The van der Waals surface area contributed by atoms with E-state index >= 15 is 0 Å². The molecular formula is C25H31N5O2. The Morgan fingerprint density at radius 2 is 2.16 bits per heavy atom. The number of ether oxygens (including phenoxy) is 1. The van der Waals surface area contributed by atoms with E-state index in [9.17, 15) is 4.79 Å². The van der Waals surface area contributed by atoms with Crippen LogP contribution >= 0.6 is 0 Å². The minimum Gasteiger partial charge on any atom is -0.454 e. The van der Waals surface area contributed by atoms with Crippen LogP contribution in [0.25, 0.3) is 0 Å². The fourth-order valence-corrected chi connectivity index (χ4v) is 4.04. The lowest BCUT2D eigenvalue weighted by Gasteiger charge is -2.31. The number of H-pyrrole nitrogens is 1. The number of likely N-dealkylation sites (tertiary alicyclic amines) is 1. The average molecular weight is 434 g/mol. The molecule has 1 saturated heterocycles. The quantitative estimate of drug-likeness (QED) is 0.507. The van der Waals surface area contributed by atoms with Crippen molar-refractivity contribution in [3.05, 3.63) is 66.5 Å². The number of anilines is 1. The molecule has 1 aromatic carbocycles. The minimum atomic E-state index is -0.0577. The molecule has 0 bridgehead atoms. The number of imidazole rings is 1. The van der Waals surface area contributed by atoms with Crippen molar-refractivity contribution in [1.29, 1.82) is 0 Å². The Bertz CT molecular complexity index is 1000. The zero-order chi connectivity index (χ0) is 22.2. The van der Waals surface area contributed by atoms with Crippen molar-refractivity contribution in [2.45, 2.75) is 45.6 Å². The lowest BCUT2D eigenvalue weighted by Crippen LogP contribution is -2.40. The van der Waals surface area contributed by atoms with E-state index in [1.807, 2.05) is 42.6 Å². The first kappa shape index (κ1) is 22.0. The molecule has 3 heterocycles. The van der Waals surface area contributed by atoms with E-state index in [1.165, 1.54) is 0 Å². The number of nitrogens with zero attached hydrogens (tertiary/aromatic N) is 3. The van der Waals surface area contributed by atoms with Gasteiger partial charge < -0.3 is 15.0 Å². The Morgan fingerprint density at radius 1 is 1.25 bits per heavy atom. The third kappa shape index (κ3) is 5.95. The Kier molecular flexibility index (Phi) is 7.51. The summed E-state index contributed by atoms with van der Waals surface area (Å²) in [4.78, 5) is 27.4. The largest absolute Gasteiger partial charge is 0.454 e. The third-order valence-corrected chi connectivity index (χ3v) is 5.73. The van der Waals surface area contributed by atoms with Crippen LogP contribution in [0.5, 0.6) is 11.5 Å². The predicted octanol–water partition coefficient (Wildman–Crippen LogP) is 4.79. The first-order valence-corrected chi connectivity index (χ1v) is 11.4. The number of piperidine rings is 1. The van der Waals surface area contributed by atoms with Crippen molar-refractivity contribution in [3.63, 3.8) is 0 Å². The zero-order valence-corrected chi connectivity index (χ0v) is 18.6. The fraction of sp³-hybridized carbons (Fsp3) is 0.400. The highest BCUT2D eigenvalue weighted by Crippen LogP contribution is 2.30. The van der Waals surface area contributed by atoms with Gasteiger partial charge in [0.1, 0.15) is 11.6 Å². The van der Waals surface area contributed by atoms with Gasteiger partial charge in [0, 0.05) is 37.6 Å². The molecule has 7 nitrogen and oxygen atoms in total. The maximum atomic E-state index is 13.1. The molecule has 0 saturated carbocycles. The molecule has 32 heavy (non-hydrogen) atoms. The van der Waals surface area contributed by atoms with Crippen LogP contribution in [0, 0.1) is 5.92 Å². The molecular weight excluding hydrogens is 402 g/mol. The molecule has 1 unspecified atom stereocenters. The smallest absolute Gasteiger partial charge is 0.228 e. The highest BCUT2D eigenvalue weighted by molar-refractivity contribution is 5.94. The molecule has 3 aromatic rings. The van der Waals surface area contributed by atoms with Gasteiger partial charge in [0.25, 0.3) is 0 Å². The van der Waals surface area contributed by atoms with Gasteiger partial charge in [-0.15, -0.1) is 0 Å². The van der Waals surface area contributed by atoms with Crippen LogP contribution in [-0.2, 0) is 17.8 Å². The van der Waals surface area contributed by atoms with Crippen molar-refractivity contribution >= 4 is 11.6 Å². The van der Waals surface area contributed by atoms with E-state index in [0.29, 0.717) is 17.2 Å². The molecule has 7 heteroatoms. The summed E-state index contributed by atoms with van der Waals surface area (Å²) in [7, 11) is 0. The van der Waals surface area contributed by atoms with Crippen LogP contribution < -0.4 is 10.1 Å². The number of aromatic amines is 1. The van der Waals surface area contributed by atoms with E-state index in [1.54, 1.807) is 12.4 Å². The van der Waals surface area contributed by atoms with Crippen molar-refractivity contribution in [2.24, 2.45) is 5.92 Å². The number of amides is 1. The van der Waals surface area contributed by atoms with Gasteiger partial charge in [0.15, 0.2) is 5.75 Å². The molecule has 2 N–H and O–H groups in total. The number of para-hydroxylation sites is 2. The van der Waals surface area contributed by atoms with E-state index < -0.39 is 0 Å². The van der Waals surface area contributed by atoms with Crippen molar-refractivity contribution in [3.8, 4) is 11.5 Å². The van der Waals surface area contributed by atoms with Gasteiger partial charge in [-0.3, -0.25) is 14.7 Å². The van der Waals surface area contributed by atoms with Gasteiger partial charge in [-0.05, 0) is 50.1 Å². The topological polar surface area (TPSA) is 83.1 Å². The van der Waals surface area contributed by atoms with Crippen LogP contribution in [0.4, 0.5) is 5.69 Å². The van der Waals surface area contributed by atoms with E-state index in [2.05, 4.69) is 32.1 Å². The molecule has 1 amide bonds. The van der Waals surface area contributed by atoms with Gasteiger partial charge in [0.05, 0.1) is 17.8 Å². The van der Waals surface area contributed by atoms with Gasteiger partial charge in [-0.1, -0.05) is 25.5 Å². The van der Waals surface area contributed by atoms with Crippen LogP contribution in [0.1, 0.15) is 44.1 Å². The standard InChI is InChI=1S/C25H31N5O2/c1-2-3-12-24-27-15-20(28-24)18-30-14-7-8-19(17-30)25(31)29-22-10-4-5-11-23(22)32-21-9-6-13-26-16-21/h4-6,9-11,13,15-16,19H,2-3,7-8,12,14,17-18H2,1H3,(H,27,28)(H,29,31). The number of aromatic nitrogens is 3. The monoisotopic (exact) mass is 433 g/mol. The predicted molar refractivity (Wildman–Crippen MR) is 125 cm³/mol. The number of rotatable bonds is 9. The third-order valence-electron chi connectivity index (χ3n) is 5.73. The first-order valence-electron chi connectivity index (χ1n) is 11.4. The molecule has 1 aliphatic heterocycles. The van der Waals surface area contributed by atoms with E-state index in [0.717, 1.165) is 63.3 Å². The van der Waals surface area contributed by atoms with Crippen LogP contribution in [0.2, 0.25) is 0 Å². The number of unbranched alkanes of at least 4 members (excludes halogenated alkanes) is 1. The number of hydrogen-bond donors (Lipinski definition) is 2. The highest BCUT2D eigenvalue weighted by Gasteiger charge is 2.26. The number of carbonyl (C=O) groups excluding carboxylic acids is 1. The second-order valence-corrected chi connectivity index (χ2v) is 8.31. The van der Waals surface area contributed by atoms with Gasteiger partial charge >= 0.3 is 0 Å². The average Bonchev–Trinajstić information content (AvgIpc) is 3.27. The summed E-state index contributed by atoms with van der Waals surface area (Å²) in [5.74, 6) is 2.27. The second-order valence-electron chi connectivity index (χ2n) is 8.31. The van der Waals surface area contributed by atoms with Crippen molar-refractivity contribution < 1.29 is 9.53 Å². The zero-order valence-electron chi connectivity index (χ0n) is 18.6.